The predicted octanol–water partition coefficient (Wildman–Crippen LogP) is 3.28. The minimum absolute atomic E-state index is 0.227. The summed E-state index contributed by atoms with van der Waals surface area (Å²) >= 11 is 1.17. The van der Waals surface area contributed by atoms with Crippen molar-refractivity contribution in [2.24, 2.45) is 0 Å². The molecule has 0 saturated carbocycles. The Bertz CT molecular complexity index is 1040. The first-order chi connectivity index (χ1) is 12.0. The molecule has 3 heterocycles. The molecule has 1 aromatic carbocycles. The Morgan fingerprint density at radius 1 is 1.08 bits per heavy atom. The molecule has 0 saturated heterocycles. The summed E-state index contributed by atoms with van der Waals surface area (Å²) in [5, 5.41) is 1.37. The van der Waals surface area contributed by atoms with E-state index in [2.05, 4.69) is 4.98 Å². The third-order valence-electron chi connectivity index (χ3n) is 3.97. The number of fused-ring (bicyclic) bond motifs is 2. The topological polar surface area (TPSA) is 76.6 Å². The molecule has 124 valence electrons. The molecule has 0 unspecified atom stereocenters. The van der Waals surface area contributed by atoms with Crippen LogP contribution in [0.3, 0.4) is 0 Å². The number of amides is 2. The van der Waals surface area contributed by atoms with Crippen LogP contribution in [0, 0.1) is 13.8 Å². The van der Waals surface area contributed by atoms with Gasteiger partial charge in [0.2, 0.25) is 0 Å². The molecule has 0 fully saturated rings. The summed E-state index contributed by atoms with van der Waals surface area (Å²) in [5.41, 5.74) is 2.31. The van der Waals surface area contributed by atoms with Gasteiger partial charge in [0.1, 0.15) is 9.71 Å². The number of nitrogens with zero attached hydrogens (tertiary/aromatic N) is 2. The summed E-state index contributed by atoms with van der Waals surface area (Å²) < 4.78 is 0. The zero-order chi connectivity index (χ0) is 17.7. The van der Waals surface area contributed by atoms with Crippen molar-refractivity contribution in [3.63, 3.8) is 0 Å². The Labute approximate surface area is 146 Å². The maximum absolute atomic E-state index is 12.4. The molecule has 3 aromatic rings. The van der Waals surface area contributed by atoms with E-state index in [0.29, 0.717) is 9.89 Å². The van der Waals surface area contributed by atoms with Crippen molar-refractivity contribution < 1.29 is 19.2 Å². The van der Waals surface area contributed by atoms with Gasteiger partial charge in [-0.1, -0.05) is 17.2 Å². The molecule has 0 spiro atoms. The molecule has 1 aliphatic rings. The summed E-state index contributed by atoms with van der Waals surface area (Å²) in [6.45, 7) is 3.81. The first kappa shape index (κ1) is 15.5. The lowest BCUT2D eigenvalue weighted by Crippen LogP contribution is -2.32. The zero-order valence-electron chi connectivity index (χ0n) is 13.4. The molecule has 1 aliphatic heterocycles. The number of hydrogen-bond acceptors (Lipinski definition) is 6. The standard InChI is InChI=1S/C18H12N2O4S/c1-9-7-10(2)19-15-13(9)8-14(25-15)18(23)24-20-16(21)11-5-3-4-6-12(11)17(20)22/h3-8H,1-2H3. The van der Waals surface area contributed by atoms with Gasteiger partial charge in [-0.2, -0.15) is 0 Å². The number of hydroxylamine groups is 2. The van der Waals surface area contributed by atoms with E-state index in [4.69, 9.17) is 4.84 Å². The van der Waals surface area contributed by atoms with Gasteiger partial charge in [0.25, 0.3) is 11.8 Å². The van der Waals surface area contributed by atoms with Crippen molar-refractivity contribution in [2.75, 3.05) is 0 Å². The molecular formula is C18H12N2O4S. The molecule has 6 nitrogen and oxygen atoms in total. The lowest BCUT2D eigenvalue weighted by atomic mass is 10.1. The van der Waals surface area contributed by atoms with E-state index in [0.717, 1.165) is 16.6 Å². The quantitative estimate of drug-likeness (QED) is 0.662. The van der Waals surface area contributed by atoms with E-state index in [1.165, 1.54) is 23.5 Å². The van der Waals surface area contributed by atoms with E-state index < -0.39 is 17.8 Å². The van der Waals surface area contributed by atoms with Gasteiger partial charge in [-0.25, -0.2) is 9.78 Å². The summed E-state index contributed by atoms with van der Waals surface area (Å²) in [5.74, 6) is -2.03. The van der Waals surface area contributed by atoms with E-state index in [9.17, 15) is 14.4 Å². The lowest BCUT2D eigenvalue weighted by molar-refractivity contribution is -0.0581. The molecule has 4 rings (SSSR count). The Kier molecular flexibility index (Phi) is 3.40. The molecule has 2 aromatic heterocycles. The third kappa shape index (κ3) is 2.40. The summed E-state index contributed by atoms with van der Waals surface area (Å²) in [6.07, 6.45) is 0. The second-order valence-electron chi connectivity index (χ2n) is 5.74. The van der Waals surface area contributed by atoms with Crippen LogP contribution in [0.2, 0.25) is 0 Å². The van der Waals surface area contributed by atoms with E-state index in [-0.39, 0.29) is 16.0 Å². The van der Waals surface area contributed by atoms with Crippen molar-refractivity contribution in [1.82, 2.24) is 10.0 Å². The first-order valence-corrected chi connectivity index (χ1v) is 8.35. The van der Waals surface area contributed by atoms with Crippen LogP contribution in [0.4, 0.5) is 0 Å². The normalized spacial score (nSPS) is 13.4. The minimum Gasteiger partial charge on any atom is -0.323 e. The summed E-state index contributed by atoms with van der Waals surface area (Å²) in [4.78, 5) is 47.4. The van der Waals surface area contributed by atoms with Crippen LogP contribution in [-0.4, -0.2) is 27.8 Å². The Hall–Kier alpha value is -3.06. The Morgan fingerprint density at radius 3 is 2.36 bits per heavy atom. The van der Waals surface area contributed by atoms with Gasteiger partial charge in [-0.15, -0.1) is 11.3 Å². The minimum atomic E-state index is -0.755. The van der Waals surface area contributed by atoms with Gasteiger partial charge in [0.15, 0.2) is 0 Å². The van der Waals surface area contributed by atoms with Crippen LogP contribution in [0.25, 0.3) is 10.2 Å². The lowest BCUT2D eigenvalue weighted by Gasteiger charge is -2.11. The first-order valence-electron chi connectivity index (χ1n) is 7.53. The smallest absolute Gasteiger partial charge is 0.323 e. The number of hydrogen-bond donors (Lipinski definition) is 0. The van der Waals surface area contributed by atoms with Gasteiger partial charge >= 0.3 is 5.97 Å². The fourth-order valence-electron chi connectivity index (χ4n) is 2.81. The van der Waals surface area contributed by atoms with Gasteiger partial charge < -0.3 is 4.84 Å². The number of carbonyl (C=O) groups is 3. The van der Waals surface area contributed by atoms with Crippen LogP contribution in [0.15, 0.2) is 36.4 Å². The predicted molar refractivity (Wildman–Crippen MR) is 91.5 cm³/mol. The molecule has 0 aliphatic carbocycles. The largest absolute Gasteiger partial charge is 0.373 e. The highest BCUT2D eigenvalue weighted by Gasteiger charge is 2.39. The second kappa shape index (κ2) is 5.49. The number of imide groups is 1. The average Bonchev–Trinajstić information content (AvgIpc) is 3.11. The fourth-order valence-corrected chi connectivity index (χ4v) is 3.83. The van der Waals surface area contributed by atoms with Gasteiger partial charge in [0.05, 0.1) is 11.1 Å². The number of benzene rings is 1. The third-order valence-corrected chi connectivity index (χ3v) is 4.98. The maximum atomic E-state index is 12.4. The maximum Gasteiger partial charge on any atom is 0.373 e. The fraction of sp³-hybridized carbons (Fsp3) is 0.111. The van der Waals surface area contributed by atoms with Gasteiger partial charge in [0, 0.05) is 11.1 Å². The SMILES string of the molecule is Cc1cc(C)c2cc(C(=O)ON3C(=O)c4ccccc4C3=O)sc2n1. The number of aryl methyl sites for hydroxylation is 2. The molecule has 7 heteroatoms. The highest BCUT2D eigenvalue weighted by Crippen LogP contribution is 2.29. The number of pyridine rings is 1. The van der Waals surface area contributed by atoms with Crippen molar-refractivity contribution in [3.8, 4) is 0 Å². The van der Waals surface area contributed by atoms with Crippen molar-refractivity contribution >= 4 is 39.3 Å². The second-order valence-corrected chi connectivity index (χ2v) is 6.77. The number of rotatable bonds is 2. The van der Waals surface area contributed by atoms with Crippen LogP contribution in [-0.2, 0) is 4.84 Å². The zero-order valence-corrected chi connectivity index (χ0v) is 14.2. The van der Waals surface area contributed by atoms with Crippen LogP contribution in [0.5, 0.6) is 0 Å². The highest BCUT2D eigenvalue weighted by atomic mass is 32.1. The molecule has 0 atom stereocenters. The number of thiophene rings is 1. The van der Waals surface area contributed by atoms with Crippen LogP contribution >= 0.6 is 11.3 Å². The summed E-state index contributed by atoms with van der Waals surface area (Å²) in [7, 11) is 0. The van der Waals surface area contributed by atoms with E-state index in [1.54, 1.807) is 18.2 Å². The monoisotopic (exact) mass is 352 g/mol. The molecule has 0 bridgehead atoms. The van der Waals surface area contributed by atoms with Gasteiger partial charge in [-0.3, -0.25) is 9.59 Å². The van der Waals surface area contributed by atoms with Crippen LogP contribution < -0.4 is 0 Å². The summed E-state index contributed by atoms with van der Waals surface area (Å²) in [6, 6.07) is 9.95. The molecule has 0 N–H and O–H groups in total. The van der Waals surface area contributed by atoms with E-state index in [1.807, 2.05) is 19.9 Å². The molecule has 0 radical (unpaired) electrons. The van der Waals surface area contributed by atoms with Crippen molar-refractivity contribution in [2.45, 2.75) is 13.8 Å². The van der Waals surface area contributed by atoms with E-state index >= 15 is 0 Å². The number of aromatic nitrogens is 1. The van der Waals surface area contributed by atoms with Crippen molar-refractivity contribution in [3.05, 3.63) is 63.7 Å². The Balaban J connectivity index is 1.64. The molecule has 25 heavy (non-hydrogen) atoms. The molecule has 2 amide bonds. The average molecular weight is 352 g/mol. The van der Waals surface area contributed by atoms with Gasteiger partial charge in [-0.05, 0) is 43.7 Å². The Morgan fingerprint density at radius 2 is 1.72 bits per heavy atom. The molecular weight excluding hydrogens is 340 g/mol. The number of carbonyl (C=O) groups excluding carboxylic acids is 3. The van der Waals surface area contributed by atoms with Crippen molar-refractivity contribution in [1.29, 1.82) is 0 Å². The van der Waals surface area contributed by atoms with Crippen LogP contribution in [0.1, 0.15) is 41.6 Å². The highest BCUT2D eigenvalue weighted by molar-refractivity contribution is 7.20.